The van der Waals surface area contributed by atoms with Crippen molar-refractivity contribution in [3.05, 3.63) is 0 Å². The number of hydrogen-bond acceptors (Lipinski definition) is 6. The van der Waals surface area contributed by atoms with Crippen LogP contribution in [0.4, 0.5) is 8.78 Å². The molecule has 3 N–H and O–H groups in total. The number of piperidine rings is 3. The molecule has 0 saturated carbocycles. The van der Waals surface area contributed by atoms with Crippen molar-refractivity contribution in [1.82, 2.24) is 13.9 Å². The first-order chi connectivity index (χ1) is 21.6. The number of nitrogens with one attached hydrogen (secondary N) is 1. The van der Waals surface area contributed by atoms with Crippen LogP contribution >= 0.6 is 0 Å². The first kappa shape index (κ1) is 44.6. The van der Waals surface area contributed by atoms with Gasteiger partial charge in [0, 0.05) is 45.9 Å². The monoisotopic (exact) mass is 716 g/mol. The van der Waals surface area contributed by atoms with E-state index >= 15 is 0 Å². The highest BCUT2D eigenvalue weighted by Gasteiger charge is 2.35. The van der Waals surface area contributed by atoms with E-state index in [4.69, 9.17) is 9.88 Å². The van der Waals surface area contributed by atoms with Gasteiger partial charge in [0.15, 0.2) is 0 Å². The molecule has 4 aliphatic rings. The summed E-state index contributed by atoms with van der Waals surface area (Å²) in [4.78, 5) is 0. The Hall–Kier alpha value is -0.440. The van der Waals surface area contributed by atoms with E-state index in [0.29, 0.717) is 55.8 Å². The van der Waals surface area contributed by atoms with Crippen LogP contribution in [0, 0.1) is 46.8 Å². The topological polar surface area (TPSA) is 122 Å². The lowest BCUT2D eigenvalue weighted by molar-refractivity contribution is 0.0523. The van der Waals surface area contributed by atoms with Crippen LogP contribution < -0.4 is 10.5 Å². The lowest BCUT2D eigenvalue weighted by Gasteiger charge is -2.37. The molecule has 4 unspecified atom stereocenters. The Morgan fingerprint density at radius 2 is 1.23 bits per heavy atom. The number of nitrogens with two attached hydrogens (primary N) is 1. The van der Waals surface area contributed by atoms with Crippen molar-refractivity contribution in [1.29, 1.82) is 0 Å². The molecule has 282 valence electrons. The maximum atomic E-state index is 13.5. The molecule has 9 nitrogen and oxygen atoms in total. The molecule has 4 aliphatic heterocycles. The molecule has 4 rings (SSSR count). The van der Waals surface area contributed by atoms with Gasteiger partial charge in [0.1, 0.15) is 12.3 Å². The fraction of sp³-hybridized carbons (Fsp3) is 1.00. The lowest BCUT2D eigenvalue weighted by Crippen LogP contribution is -2.48. The molecule has 0 amide bonds. The number of sulfonamides is 1. The largest absolute Gasteiger partial charge is 0.381 e. The summed E-state index contributed by atoms with van der Waals surface area (Å²) in [7, 11) is -6.68. The summed E-state index contributed by atoms with van der Waals surface area (Å²) in [5.41, 5.74) is 0.309. The molecular formula is C34H70F2N4O5S2. The Morgan fingerprint density at radius 3 is 1.57 bits per heavy atom. The Labute approximate surface area is 287 Å². The van der Waals surface area contributed by atoms with Crippen LogP contribution in [0.5, 0.6) is 0 Å². The summed E-state index contributed by atoms with van der Waals surface area (Å²) in [6.07, 6.45) is 5.68. The van der Waals surface area contributed by atoms with Crippen LogP contribution in [0.15, 0.2) is 0 Å². The molecule has 4 heterocycles. The predicted octanol–water partition coefficient (Wildman–Crippen LogP) is 5.87. The minimum absolute atomic E-state index is 0.0481. The van der Waals surface area contributed by atoms with E-state index in [1.807, 2.05) is 13.8 Å². The van der Waals surface area contributed by atoms with Crippen LogP contribution in [-0.4, -0.2) is 96.5 Å². The van der Waals surface area contributed by atoms with Gasteiger partial charge in [0.25, 0.3) is 10.2 Å². The fourth-order valence-corrected chi connectivity index (χ4v) is 8.49. The van der Waals surface area contributed by atoms with Crippen molar-refractivity contribution in [2.45, 2.75) is 113 Å². The molecule has 4 saturated heterocycles. The van der Waals surface area contributed by atoms with Gasteiger partial charge in [-0.05, 0) is 91.9 Å². The summed E-state index contributed by atoms with van der Waals surface area (Å²) >= 11 is 0. The van der Waals surface area contributed by atoms with E-state index in [1.54, 1.807) is 4.31 Å². The van der Waals surface area contributed by atoms with Gasteiger partial charge in [-0.25, -0.2) is 26.6 Å². The van der Waals surface area contributed by atoms with Gasteiger partial charge in [-0.1, -0.05) is 62.3 Å². The van der Waals surface area contributed by atoms with Gasteiger partial charge >= 0.3 is 0 Å². The van der Waals surface area contributed by atoms with Crippen molar-refractivity contribution in [3.63, 3.8) is 0 Å². The number of hydrogen-bond donors (Lipinski definition) is 2. The molecule has 0 aromatic carbocycles. The van der Waals surface area contributed by atoms with Crippen molar-refractivity contribution >= 4 is 20.2 Å². The summed E-state index contributed by atoms with van der Waals surface area (Å²) in [5, 5.41) is 7.97. The van der Waals surface area contributed by atoms with Gasteiger partial charge in [0.05, 0.1) is 6.26 Å². The highest BCUT2D eigenvalue weighted by Crippen LogP contribution is 2.34. The second kappa shape index (κ2) is 20.4. The molecule has 0 spiro atoms. The zero-order valence-electron chi connectivity index (χ0n) is 31.2. The first-order valence-electron chi connectivity index (χ1n) is 17.8. The van der Waals surface area contributed by atoms with E-state index < -0.39 is 32.6 Å². The zero-order chi connectivity index (χ0) is 36.2. The molecule has 0 aromatic heterocycles. The van der Waals surface area contributed by atoms with Crippen molar-refractivity contribution in [2.24, 2.45) is 52.0 Å². The third-order valence-corrected chi connectivity index (χ3v) is 12.8. The molecule has 0 aliphatic carbocycles. The molecule has 0 radical (unpaired) electrons. The third-order valence-electron chi connectivity index (χ3n) is 10.4. The number of halogens is 2. The van der Waals surface area contributed by atoms with E-state index in [2.05, 4.69) is 53.8 Å². The second-order valence-corrected chi connectivity index (χ2v) is 19.6. The van der Waals surface area contributed by atoms with Crippen LogP contribution in [0.1, 0.15) is 101 Å². The minimum atomic E-state index is -3.71. The molecule has 0 bridgehead atoms. The van der Waals surface area contributed by atoms with Crippen molar-refractivity contribution < 1.29 is 30.4 Å². The summed E-state index contributed by atoms with van der Waals surface area (Å²) < 4.78 is 78.8. The fourth-order valence-electron chi connectivity index (χ4n) is 6.91. The normalized spacial score (nSPS) is 27.7. The highest BCUT2D eigenvalue weighted by molar-refractivity contribution is 7.88. The molecule has 4 atom stereocenters. The molecular weight excluding hydrogens is 647 g/mol. The van der Waals surface area contributed by atoms with Crippen LogP contribution in [0.25, 0.3) is 0 Å². The number of rotatable bonds is 5. The average Bonchev–Trinajstić information content (AvgIpc) is 2.97. The number of alkyl halides is 2. The Morgan fingerprint density at radius 1 is 0.745 bits per heavy atom. The van der Waals surface area contributed by atoms with Gasteiger partial charge < -0.3 is 10.1 Å². The second-order valence-electron chi connectivity index (χ2n) is 16.0. The summed E-state index contributed by atoms with van der Waals surface area (Å²) in [6.45, 7) is 24.5. The van der Waals surface area contributed by atoms with E-state index in [0.717, 1.165) is 55.2 Å². The molecule has 4 fully saturated rings. The molecule has 0 aromatic rings. The summed E-state index contributed by atoms with van der Waals surface area (Å²) in [6, 6.07) is 0. The van der Waals surface area contributed by atoms with Crippen LogP contribution in [0.3, 0.4) is 0 Å². The van der Waals surface area contributed by atoms with Gasteiger partial charge in [-0.3, -0.25) is 0 Å². The predicted molar refractivity (Wildman–Crippen MR) is 190 cm³/mol. The number of nitrogens with zero attached hydrogens (tertiary/aromatic N) is 2. The lowest BCUT2D eigenvalue weighted by atomic mass is 9.76. The maximum Gasteiger partial charge on any atom is 0.276 e. The SMILES string of the molecule is CC(C)(C)C1CCN(S(C)(=O)=O)CC1.CC(C)C1CCN(S(N)(=O)=O)CC1F.CC(C)C1CCNCC1F.CC(C)C1CCOCC1. The van der Waals surface area contributed by atoms with E-state index in [-0.39, 0.29) is 18.4 Å². The standard InChI is InChI=1S/C10H21NO2S.C8H17FN2O2S.C8H16FN.C8H16O/c1-10(2,3)9-5-7-11(8-6-9)14(4,12)13;1-6(2)7-3-4-11(5-8(7)9)14(10,12)13;1-6(2)7-3-4-10-5-8(7)9;1-7(2)8-3-5-9-6-4-8/h9H,5-8H2,1-4H3;6-8H,3-5H2,1-2H3,(H2,10,12,13);6-8,10H,3-5H2,1-2H3;7-8H,3-6H2,1-2H3. The van der Waals surface area contributed by atoms with Crippen LogP contribution in [-0.2, 0) is 25.0 Å². The Bertz CT molecular complexity index is 1070. The van der Waals surface area contributed by atoms with Gasteiger partial charge in [-0.15, -0.1) is 0 Å². The van der Waals surface area contributed by atoms with Crippen molar-refractivity contribution in [2.75, 3.05) is 58.7 Å². The average molecular weight is 717 g/mol. The summed E-state index contributed by atoms with van der Waals surface area (Å²) in [5.74, 6) is 3.42. The van der Waals surface area contributed by atoms with E-state index in [9.17, 15) is 25.6 Å². The van der Waals surface area contributed by atoms with Crippen molar-refractivity contribution in [3.8, 4) is 0 Å². The van der Waals surface area contributed by atoms with E-state index in [1.165, 1.54) is 19.1 Å². The smallest absolute Gasteiger partial charge is 0.276 e. The van der Waals surface area contributed by atoms with Crippen LogP contribution in [0.2, 0.25) is 0 Å². The third kappa shape index (κ3) is 16.9. The van der Waals surface area contributed by atoms with Gasteiger partial charge in [-0.2, -0.15) is 12.7 Å². The number of ether oxygens (including phenoxy) is 1. The zero-order valence-corrected chi connectivity index (χ0v) is 32.8. The maximum absolute atomic E-state index is 13.5. The minimum Gasteiger partial charge on any atom is -0.381 e. The molecule has 13 heteroatoms. The Kier molecular flexibility index (Phi) is 19.4. The van der Waals surface area contributed by atoms with Gasteiger partial charge in [0.2, 0.25) is 10.0 Å². The Balaban J connectivity index is 0.000000319. The highest BCUT2D eigenvalue weighted by atomic mass is 32.2. The molecule has 47 heavy (non-hydrogen) atoms. The first-order valence-corrected chi connectivity index (χ1v) is 21.2. The quantitative estimate of drug-likeness (QED) is 0.367.